The Morgan fingerprint density at radius 3 is 2.54 bits per heavy atom. The minimum atomic E-state index is -0.637. The summed E-state index contributed by atoms with van der Waals surface area (Å²) < 4.78 is 10.8. The fraction of sp³-hybridized carbons (Fsp3) is 0.105. The number of para-hydroxylation sites is 2. The lowest BCUT2D eigenvalue weighted by Gasteiger charge is -2.11. The van der Waals surface area contributed by atoms with Crippen molar-refractivity contribution < 1.29 is 19.2 Å². The molecule has 0 fully saturated rings. The SMILES string of the molecule is COc1ccccc1Oc1ncnc(Nc2cccc(C(C)=O)c2)c1[N+](=O)[O-]. The standard InChI is InChI=1S/C19H16N4O5/c1-12(24)13-6-5-7-14(10-13)22-18-17(23(25)26)19(21-11-20-18)28-16-9-4-3-8-15(16)27-2/h3-11H,1-2H3,(H,20,21,22). The average molecular weight is 380 g/mol. The number of anilines is 2. The minimum absolute atomic E-state index is 0.0643. The Bertz CT molecular complexity index is 1040. The largest absolute Gasteiger partial charge is 0.493 e. The molecule has 0 saturated carbocycles. The van der Waals surface area contributed by atoms with Gasteiger partial charge < -0.3 is 14.8 Å². The van der Waals surface area contributed by atoms with Crippen molar-refractivity contribution in [3.05, 3.63) is 70.5 Å². The highest BCUT2D eigenvalue weighted by Gasteiger charge is 2.26. The van der Waals surface area contributed by atoms with Crippen LogP contribution in [0.25, 0.3) is 0 Å². The van der Waals surface area contributed by atoms with Gasteiger partial charge in [-0.2, -0.15) is 4.98 Å². The van der Waals surface area contributed by atoms with E-state index in [4.69, 9.17) is 9.47 Å². The molecule has 3 rings (SSSR count). The van der Waals surface area contributed by atoms with Crippen LogP contribution in [-0.2, 0) is 0 Å². The minimum Gasteiger partial charge on any atom is -0.493 e. The fourth-order valence-corrected chi connectivity index (χ4v) is 2.45. The first-order chi connectivity index (χ1) is 13.5. The fourth-order valence-electron chi connectivity index (χ4n) is 2.45. The van der Waals surface area contributed by atoms with Gasteiger partial charge in [0.25, 0.3) is 0 Å². The quantitative estimate of drug-likeness (QED) is 0.369. The number of carbonyl (C=O) groups is 1. The molecule has 1 N–H and O–H groups in total. The van der Waals surface area contributed by atoms with E-state index in [1.54, 1.807) is 48.5 Å². The van der Waals surface area contributed by atoms with Crippen molar-refractivity contribution in [1.82, 2.24) is 9.97 Å². The Kier molecular flexibility index (Phi) is 5.45. The highest BCUT2D eigenvalue weighted by molar-refractivity contribution is 5.95. The van der Waals surface area contributed by atoms with Crippen LogP contribution in [0.5, 0.6) is 17.4 Å². The summed E-state index contributed by atoms with van der Waals surface area (Å²) >= 11 is 0. The van der Waals surface area contributed by atoms with E-state index < -0.39 is 10.6 Å². The summed E-state index contributed by atoms with van der Waals surface area (Å²) in [6.07, 6.45) is 1.15. The van der Waals surface area contributed by atoms with Gasteiger partial charge in [0, 0.05) is 11.3 Å². The molecule has 1 heterocycles. The molecule has 9 nitrogen and oxygen atoms in total. The number of hydrogen-bond acceptors (Lipinski definition) is 8. The van der Waals surface area contributed by atoms with E-state index in [0.29, 0.717) is 17.0 Å². The maximum atomic E-state index is 11.7. The number of aromatic nitrogens is 2. The van der Waals surface area contributed by atoms with Gasteiger partial charge in [-0.15, -0.1) is 0 Å². The zero-order valence-corrected chi connectivity index (χ0v) is 15.1. The molecule has 0 bridgehead atoms. The third kappa shape index (κ3) is 4.04. The molecule has 0 atom stereocenters. The summed E-state index contributed by atoms with van der Waals surface area (Å²) in [4.78, 5) is 30.4. The first-order valence-corrected chi connectivity index (χ1v) is 8.18. The molecule has 0 saturated heterocycles. The van der Waals surface area contributed by atoms with Crippen LogP contribution in [-0.4, -0.2) is 27.8 Å². The molecule has 9 heteroatoms. The van der Waals surface area contributed by atoms with Gasteiger partial charge in [0.2, 0.25) is 5.82 Å². The monoisotopic (exact) mass is 380 g/mol. The molecule has 28 heavy (non-hydrogen) atoms. The Morgan fingerprint density at radius 2 is 1.86 bits per heavy atom. The van der Waals surface area contributed by atoms with E-state index in [-0.39, 0.29) is 23.2 Å². The maximum absolute atomic E-state index is 11.7. The number of benzene rings is 2. The van der Waals surface area contributed by atoms with E-state index in [1.165, 1.54) is 14.0 Å². The molecule has 3 aromatic rings. The Morgan fingerprint density at radius 1 is 1.11 bits per heavy atom. The van der Waals surface area contributed by atoms with Crippen molar-refractivity contribution in [2.24, 2.45) is 0 Å². The van der Waals surface area contributed by atoms with Gasteiger partial charge in [0.15, 0.2) is 17.3 Å². The lowest BCUT2D eigenvalue weighted by atomic mass is 10.1. The number of Topliss-reactive ketones (excluding diaryl/α,β-unsaturated/α-hetero) is 1. The number of nitrogens with one attached hydrogen (secondary N) is 1. The van der Waals surface area contributed by atoms with Crippen LogP contribution in [0.3, 0.4) is 0 Å². The first kappa shape index (κ1) is 18.8. The van der Waals surface area contributed by atoms with E-state index in [2.05, 4.69) is 15.3 Å². The Balaban J connectivity index is 1.99. The van der Waals surface area contributed by atoms with Crippen molar-refractivity contribution in [3.8, 4) is 17.4 Å². The molecule has 1 aromatic heterocycles. The van der Waals surface area contributed by atoms with Crippen molar-refractivity contribution in [2.45, 2.75) is 6.92 Å². The zero-order chi connectivity index (χ0) is 20.1. The Hall–Kier alpha value is -4.01. The summed E-state index contributed by atoms with van der Waals surface area (Å²) in [5.74, 6) is 0.247. The van der Waals surface area contributed by atoms with Crippen LogP contribution in [0.1, 0.15) is 17.3 Å². The molecule has 0 aliphatic rings. The normalized spacial score (nSPS) is 10.2. The number of ether oxygens (including phenoxy) is 2. The van der Waals surface area contributed by atoms with Crippen molar-refractivity contribution in [2.75, 3.05) is 12.4 Å². The second-order valence-corrected chi connectivity index (χ2v) is 5.65. The van der Waals surface area contributed by atoms with Crippen LogP contribution in [0.15, 0.2) is 54.9 Å². The number of nitro groups is 1. The summed E-state index contributed by atoms with van der Waals surface area (Å²) in [6, 6.07) is 13.3. The van der Waals surface area contributed by atoms with Crippen LogP contribution in [0, 0.1) is 10.1 Å². The van der Waals surface area contributed by atoms with E-state index in [1.807, 2.05) is 0 Å². The molecule has 0 spiro atoms. The van der Waals surface area contributed by atoms with Gasteiger partial charge in [-0.05, 0) is 31.2 Å². The molecule has 0 amide bonds. The number of ketones is 1. The molecule has 0 aliphatic heterocycles. The summed E-state index contributed by atoms with van der Waals surface area (Å²) in [6.45, 7) is 1.44. The lowest BCUT2D eigenvalue weighted by Crippen LogP contribution is -2.04. The number of rotatable bonds is 7. The van der Waals surface area contributed by atoms with Crippen molar-refractivity contribution >= 4 is 23.0 Å². The van der Waals surface area contributed by atoms with Gasteiger partial charge >= 0.3 is 11.6 Å². The number of carbonyl (C=O) groups excluding carboxylic acids is 1. The summed E-state index contributed by atoms with van der Waals surface area (Å²) in [5.41, 5.74) is 0.492. The Labute approximate surface area is 160 Å². The average Bonchev–Trinajstić information content (AvgIpc) is 2.68. The van der Waals surface area contributed by atoms with E-state index in [0.717, 1.165) is 6.33 Å². The van der Waals surface area contributed by atoms with E-state index >= 15 is 0 Å². The van der Waals surface area contributed by atoms with Crippen molar-refractivity contribution in [3.63, 3.8) is 0 Å². The second kappa shape index (κ2) is 8.12. The highest BCUT2D eigenvalue weighted by Crippen LogP contribution is 2.38. The smallest absolute Gasteiger partial charge is 0.373 e. The third-order valence-corrected chi connectivity index (χ3v) is 3.78. The number of hydrogen-bond donors (Lipinski definition) is 1. The van der Waals surface area contributed by atoms with Crippen LogP contribution in [0.2, 0.25) is 0 Å². The number of methoxy groups -OCH3 is 1. The van der Waals surface area contributed by atoms with Gasteiger partial charge in [0.05, 0.1) is 12.0 Å². The summed E-state index contributed by atoms with van der Waals surface area (Å²) in [7, 11) is 1.46. The van der Waals surface area contributed by atoms with Gasteiger partial charge in [0.1, 0.15) is 6.33 Å². The lowest BCUT2D eigenvalue weighted by molar-refractivity contribution is -0.385. The van der Waals surface area contributed by atoms with Crippen LogP contribution < -0.4 is 14.8 Å². The second-order valence-electron chi connectivity index (χ2n) is 5.65. The molecule has 0 aliphatic carbocycles. The van der Waals surface area contributed by atoms with Gasteiger partial charge in [-0.25, -0.2) is 4.98 Å². The zero-order valence-electron chi connectivity index (χ0n) is 15.1. The predicted molar refractivity (Wildman–Crippen MR) is 101 cm³/mol. The molecular weight excluding hydrogens is 364 g/mol. The highest BCUT2D eigenvalue weighted by atomic mass is 16.6. The molecule has 0 unspecified atom stereocenters. The molecule has 2 aromatic carbocycles. The first-order valence-electron chi connectivity index (χ1n) is 8.18. The predicted octanol–water partition coefficient (Wildman–Crippen LogP) is 4.13. The van der Waals surface area contributed by atoms with Gasteiger partial charge in [-0.3, -0.25) is 14.9 Å². The number of nitrogens with zero attached hydrogens (tertiary/aromatic N) is 3. The van der Waals surface area contributed by atoms with Gasteiger partial charge in [-0.1, -0.05) is 24.3 Å². The van der Waals surface area contributed by atoms with E-state index in [9.17, 15) is 14.9 Å². The third-order valence-electron chi connectivity index (χ3n) is 3.78. The molecule has 142 valence electrons. The van der Waals surface area contributed by atoms with Crippen LogP contribution in [0.4, 0.5) is 17.2 Å². The maximum Gasteiger partial charge on any atom is 0.373 e. The van der Waals surface area contributed by atoms with Crippen molar-refractivity contribution in [1.29, 1.82) is 0 Å². The topological polar surface area (TPSA) is 116 Å². The summed E-state index contributed by atoms with van der Waals surface area (Å²) in [5, 5.41) is 14.5. The van der Waals surface area contributed by atoms with Crippen LogP contribution >= 0.6 is 0 Å². The molecular formula is C19H16N4O5. The molecule has 0 radical (unpaired) electrons.